The molecule has 1 aromatic rings. The summed E-state index contributed by atoms with van der Waals surface area (Å²) in [6, 6.07) is 7.63. The Morgan fingerprint density at radius 3 is 2.36 bits per heavy atom. The molecule has 22 heavy (non-hydrogen) atoms. The maximum Gasteiger partial charge on any atom is 0.328 e. The standard InChI is InChI=1S/C15H21N3O4/c1-10(17-13(19)9-16)14(20)18-12(15(21)22-2)8-11-6-4-3-5-7-11/h3-7,10,12H,8-9,16H2,1-2H3,(H,17,19)(H,18,20)/t10-,12-/m0/s1. The Labute approximate surface area is 129 Å². The van der Waals surface area contributed by atoms with Crippen molar-refractivity contribution in [1.29, 1.82) is 0 Å². The van der Waals surface area contributed by atoms with Crippen LogP contribution in [0.15, 0.2) is 30.3 Å². The van der Waals surface area contributed by atoms with Gasteiger partial charge in [0.25, 0.3) is 0 Å². The number of nitrogens with one attached hydrogen (secondary N) is 2. The number of carbonyl (C=O) groups is 3. The van der Waals surface area contributed by atoms with E-state index < -0.39 is 29.9 Å². The van der Waals surface area contributed by atoms with Crippen molar-refractivity contribution in [3.8, 4) is 0 Å². The smallest absolute Gasteiger partial charge is 0.328 e. The van der Waals surface area contributed by atoms with E-state index in [9.17, 15) is 14.4 Å². The number of esters is 1. The van der Waals surface area contributed by atoms with Gasteiger partial charge in [-0.1, -0.05) is 30.3 Å². The van der Waals surface area contributed by atoms with E-state index in [1.165, 1.54) is 14.0 Å². The van der Waals surface area contributed by atoms with Crippen molar-refractivity contribution < 1.29 is 19.1 Å². The third kappa shape index (κ3) is 5.53. The minimum Gasteiger partial charge on any atom is -0.467 e. The fourth-order valence-electron chi connectivity index (χ4n) is 1.85. The number of amides is 2. The molecule has 7 nitrogen and oxygen atoms in total. The third-order valence-electron chi connectivity index (χ3n) is 3.04. The van der Waals surface area contributed by atoms with Gasteiger partial charge in [0.05, 0.1) is 13.7 Å². The zero-order valence-corrected chi connectivity index (χ0v) is 12.7. The van der Waals surface area contributed by atoms with Gasteiger partial charge in [-0.25, -0.2) is 4.79 Å². The first-order valence-electron chi connectivity index (χ1n) is 6.89. The summed E-state index contributed by atoms with van der Waals surface area (Å²) in [4.78, 5) is 35.0. The lowest BCUT2D eigenvalue weighted by Crippen LogP contribution is -2.52. The second-order valence-electron chi connectivity index (χ2n) is 4.77. The van der Waals surface area contributed by atoms with Gasteiger partial charge in [-0.05, 0) is 12.5 Å². The molecule has 1 aromatic carbocycles. The predicted molar refractivity (Wildman–Crippen MR) is 80.8 cm³/mol. The van der Waals surface area contributed by atoms with Crippen LogP contribution in [0.4, 0.5) is 0 Å². The van der Waals surface area contributed by atoms with Crippen LogP contribution in [0.3, 0.4) is 0 Å². The Balaban J connectivity index is 2.70. The minimum atomic E-state index is -0.822. The highest BCUT2D eigenvalue weighted by molar-refractivity contribution is 5.90. The number of carbonyl (C=O) groups excluding carboxylic acids is 3. The summed E-state index contributed by atoms with van der Waals surface area (Å²) in [5.41, 5.74) is 6.06. The molecule has 120 valence electrons. The summed E-state index contributed by atoms with van der Waals surface area (Å²) in [6.07, 6.45) is 0.302. The largest absolute Gasteiger partial charge is 0.467 e. The molecular formula is C15H21N3O4. The SMILES string of the molecule is COC(=O)[C@H](Cc1ccccc1)NC(=O)[C@H](C)NC(=O)CN. The van der Waals surface area contributed by atoms with E-state index in [0.29, 0.717) is 6.42 Å². The van der Waals surface area contributed by atoms with Gasteiger partial charge in [0.1, 0.15) is 12.1 Å². The molecule has 2 amide bonds. The fourth-order valence-corrected chi connectivity index (χ4v) is 1.85. The van der Waals surface area contributed by atoms with Crippen molar-refractivity contribution in [2.45, 2.75) is 25.4 Å². The van der Waals surface area contributed by atoms with Gasteiger partial charge in [0, 0.05) is 6.42 Å². The van der Waals surface area contributed by atoms with Crippen molar-refractivity contribution in [2.24, 2.45) is 5.73 Å². The molecule has 0 radical (unpaired) electrons. The van der Waals surface area contributed by atoms with E-state index in [0.717, 1.165) is 5.56 Å². The lowest BCUT2D eigenvalue weighted by Gasteiger charge is -2.20. The number of hydrogen-bond acceptors (Lipinski definition) is 5. The number of benzene rings is 1. The Morgan fingerprint density at radius 1 is 1.18 bits per heavy atom. The van der Waals surface area contributed by atoms with Crippen LogP contribution in [-0.2, 0) is 25.5 Å². The van der Waals surface area contributed by atoms with E-state index in [1.807, 2.05) is 30.3 Å². The van der Waals surface area contributed by atoms with Gasteiger partial charge in [-0.3, -0.25) is 9.59 Å². The topological polar surface area (TPSA) is 111 Å². The Morgan fingerprint density at radius 2 is 1.82 bits per heavy atom. The summed E-state index contributed by atoms with van der Waals surface area (Å²) in [5.74, 6) is -1.47. The number of methoxy groups -OCH3 is 1. The van der Waals surface area contributed by atoms with Gasteiger partial charge < -0.3 is 21.1 Å². The third-order valence-corrected chi connectivity index (χ3v) is 3.04. The first-order chi connectivity index (χ1) is 10.5. The van der Waals surface area contributed by atoms with Crippen molar-refractivity contribution >= 4 is 17.8 Å². The van der Waals surface area contributed by atoms with Crippen LogP contribution in [0.1, 0.15) is 12.5 Å². The molecule has 0 saturated carbocycles. The first-order valence-corrected chi connectivity index (χ1v) is 6.89. The average Bonchev–Trinajstić information content (AvgIpc) is 2.54. The summed E-state index contributed by atoms with van der Waals surface area (Å²) in [5, 5.41) is 5.00. The van der Waals surface area contributed by atoms with Crippen molar-refractivity contribution in [3.05, 3.63) is 35.9 Å². The molecule has 0 aliphatic heterocycles. The predicted octanol–water partition coefficient (Wildman–Crippen LogP) is -0.650. The van der Waals surface area contributed by atoms with Crippen LogP contribution in [0.2, 0.25) is 0 Å². The van der Waals surface area contributed by atoms with Crippen molar-refractivity contribution in [1.82, 2.24) is 10.6 Å². The van der Waals surface area contributed by atoms with Crippen LogP contribution in [-0.4, -0.2) is 43.5 Å². The van der Waals surface area contributed by atoms with Crippen LogP contribution >= 0.6 is 0 Å². The molecular weight excluding hydrogens is 286 g/mol. The maximum absolute atomic E-state index is 12.0. The molecule has 0 aliphatic rings. The zero-order valence-electron chi connectivity index (χ0n) is 12.7. The molecule has 1 rings (SSSR count). The van der Waals surface area contributed by atoms with Crippen LogP contribution in [0.25, 0.3) is 0 Å². The van der Waals surface area contributed by atoms with E-state index in [1.54, 1.807) is 0 Å². The Kier molecular flexibility index (Phi) is 7.04. The molecule has 2 atom stereocenters. The molecule has 0 aromatic heterocycles. The monoisotopic (exact) mass is 307 g/mol. The molecule has 0 spiro atoms. The van der Waals surface area contributed by atoms with Crippen LogP contribution in [0, 0.1) is 0 Å². The van der Waals surface area contributed by atoms with Crippen molar-refractivity contribution in [3.63, 3.8) is 0 Å². The number of nitrogens with two attached hydrogens (primary N) is 1. The number of rotatable bonds is 7. The zero-order chi connectivity index (χ0) is 16.5. The lowest BCUT2D eigenvalue weighted by atomic mass is 10.1. The van der Waals surface area contributed by atoms with E-state index in [4.69, 9.17) is 10.5 Å². The van der Waals surface area contributed by atoms with Gasteiger partial charge in [-0.2, -0.15) is 0 Å². The quantitative estimate of drug-likeness (QED) is 0.580. The van der Waals surface area contributed by atoms with E-state index in [-0.39, 0.29) is 6.54 Å². The summed E-state index contributed by atoms with van der Waals surface area (Å²) < 4.78 is 4.71. The lowest BCUT2D eigenvalue weighted by molar-refractivity contribution is -0.145. The fraction of sp³-hybridized carbons (Fsp3) is 0.400. The average molecular weight is 307 g/mol. The molecule has 0 fully saturated rings. The highest BCUT2D eigenvalue weighted by Gasteiger charge is 2.24. The summed E-state index contributed by atoms with van der Waals surface area (Å²) >= 11 is 0. The second-order valence-corrected chi connectivity index (χ2v) is 4.77. The van der Waals surface area contributed by atoms with Crippen LogP contribution < -0.4 is 16.4 Å². The van der Waals surface area contributed by atoms with Gasteiger partial charge in [0.15, 0.2) is 0 Å². The summed E-state index contributed by atoms with van der Waals surface area (Å²) in [7, 11) is 1.26. The maximum atomic E-state index is 12.0. The molecule has 0 bridgehead atoms. The minimum absolute atomic E-state index is 0.206. The first kappa shape index (κ1) is 17.6. The molecule has 0 saturated heterocycles. The van der Waals surface area contributed by atoms with Crippen LogP contribution in [0.5, 0.6) is 0 Å². The van der Waals surface area contributed by atoms with Gasteiger partial charge in [0.2, 0.25) is 11.8 Å². The second kappa shape index (κ2) is 8.78. The molecule has 4 N–H and O–H groups in total. The normalized spacial score (nSPS) is 12.9. The molecule has 0 aliphatic carbocycles. The summed E-state index contributed by atoms with van der Waals surface area (Å²) in [6.45, 7) is 1.31. The van der Waals surface area contributed by atoms with Crippen molar-refractivity contribution in [2.75, 3.05) is 13.7 Å². The van der Waals surface area contributed by atoms with Gasteiger partial charge in [-0.15, -0.1) is 0 Å². The highest BCUT2D eigenvalue weighted by Crippen LogP contribution is 2.05. The number of ether oxygens (including phenoxy) is 1. The molecule has 7 heteroatoms. The Hall–Kier alpha value is -2.41. The molecule has 0 unspecified atom stereocenters. The van der Waals surface area contributed by atoms with Gasteiger partial charge >= 0.3 is 5.97 Å². The van der Waals surface area contributed by atoms with E-state index in [2.05, 4.69) is 10.6 Å². The Bertz CT molecular complexity index is 519. The number of hydrogen-bond donors (Lipinski definition) is 3. The highest BCUT2D eigenvalue weighted by atomic mass is 16.5. The van der Waals surface area contributed by atoms with E-state index >= 15 is 0 Å². The molecule has 0 heterocycles.